The van der Waals surface area contributed by atoms with Gasteiger partial charge in [-0.1, -0.05) is 29.3 Å². The lowest BCUT2D eigenvalue weighted by molar-refractivity contribution is 0.681. The second-order valence-electron chi connectivity index (χ2n) is 3.70. The lowest BCUT2D eigenvalue weighted by atomic mass is 10.2. The van der Waals surface area contributed by atoms with Gasteiger partial charge in [0.05, 0.1) is 6.33 Å². The molecule has 0 saturated carbocycles. The van der Waals surface area contributed by atoms with Gasteiger partial charge >= 0.3 is 0 Å². The van der Waals surface area contributed by atoms with E-state index in [0.29, 0.717) is 16.6 Å². The first kappa shape index (κ1) is 12.4. The number of hydrogen-bond donors (Lipinski definition) is 2. The van der Waals surface area contributed by atoms with Crippen molar-refractivity contribution in [3.05, 3.63) is 52.0 Å². The number of aromatic amines is 1. The number of imidazole rings is 1. The van der Waals surface area contributed by atoms with Crippen molar-refractivity contribution in [2.24, 2.45) is 0 Å². The van der Waals surface area contributed by atoms with Crippen LogP contribution < -0.4 is 5.32 Å². The molecule has 1 heterocycles. The standard InChI is InChI=1S/C12H13Cl2N3/c13-11-2-1-3-12(14)10(11)7-15-5-4-9-6-16-8-17-9/h1-3,6,8,15H,4-5,7H2,(H,16,17). The van der Waals surface area contributed by atoms with Crippen LogP contribution in [0, 0.1) is 0 Å². The lowest BCUT2D eigenvalue weighted by Gasteiger charge is -2.08. The molecule has 90 valence electrons. The lowest BCUT2D eigenvalue weighted by Crippen LogP contribution is -2.17. The van der Waals surface area contributed by atoms with Crippen molar-refractivity contribution in [1.82, 2.24) is 15.3 Å². The summed E-state index contributed by atoms with van der Waals surface area (Å²) in [5.41, 5.74) is 2.06. The largest absolute Gasteiger partial charge is 0.348 e. The van der Waals surface area contributed by atoms with Crippen molar-refractivity contribution < 1.29 is 0 Å². The summed E-state index contributed by atoms with van der Waals surface area (Å²) in [5.74, 6) is 0. The number of halogens is 2. The van der Waals surface area contributed by atoms with Crippen LogP contribution in [0.25, 0.3) is 0 Å². The molecule has 5 heteroatoms. The Labute approximate surface area is 110 Å². The molecule has 1 aromatic heterocycles. The average molecular weight is 270 g/mol. The van der Waals surface area contributed by atoms with Crippen LogP contribution in [0.4, 0.5) is 0 Å². The van der Waals surface area contributed by atoms with E-state index in [2.05, 4.69) is 15.3 Å². The van der Waals surface area contributed by atoms with Crippen molar-refractivity contribution in [3.63, 3.8) is 0 Å². The summed E-state index contributed by atoms with van der Waals surface area (Å²) in [6, 6.07) is 5.54. The summed E-state index contributed by atoms with van der Waals surface area (Å²) in [7, 11) is 0. The van der Waals surface area contributed by atoms with Gasteiger partial charge in [-0.3, -0.25) is 0 Å². The molecule has 17 heavy (non-hydrogen) atoms. The van der Waals surface area contributed by atoms with Crippen molar-refractivity contribution in [1.29, 1.82) is 0 Å². The minimum atomic E-state index is 0.673. The van der Waals surface area contributed by atoms with Crippen molar-refractivity contribution in [2.75, 3.05) is 6.54 Å². The zero-order valence-corrected chi connectivity index (χ0v) is 10.7. The Balaban J connectivity index is 1.82. The highest BCUT2D eigenvalue weighted by atomic mass is 35.5. The van der Waals surface area contributed by atoms with Crippen LogP contribution in [0.5, 0.6) is 0 Å². The summed E-state index contributed by atoms with van der Waals surface area (Å²) >= 11 is 12.1. The van der Waals surface area contributed by atoms with Crippen LogP contribution >= 0.6 is 23.2 Å². The molecule has 0 fully saturated rings. The van der Waals surface area contributed by atoms with E-state index in [1.54, 1.807) is 6.33 Å². The van der Waals surface area contributed by atoms with E-state index in [4.69, 9.17) is 23.2 Å². The van der Waals surface area contributed by atoms with Gasteiger partial charge in [0.25, 0.3) is 0 Å². The van der Waals surface area contributed by atoms with Gasteiger partial charge in [0, 0.05) is 47.0 Å². The van der Waals surface area contributed by atoms with Crippen LogP contribution in [0.15, 0.2) is 30.7 Å². The quantitative estimate of drug-likeness (QED) is 0.820. The fraction of sp³-hybridized carbons (Fsp3) is 0.250. The number of nitrogens with one attached hydrogen (secondary N) is 2. The Morgan fingerprint density at radius 1 is 1.24 bits per heavy atom. The number of hydrogen-bond acceptors (Lipinski definition) is 2. The molecule has 0 aliphatic rings. The number of benzene rings is 1. The number of rotatable bonds is 5. The summed E-state index contributed by atoms with van der Waals surface area (Å²) in [6.07, 6.45) is 4.41. The van der Waals surface area contributed by atoms with E-state index >= 15 is 0 Å². The van der Waals surface area contributed by atoms with Gasteiger partial charge in [0.15, 0.2) is 0 Å². The van der Waals surface area contributed by atoms with E-state index in [-0.39, 0.29) is 0 Å². The average Bonchev–Trinajstić information content (AvgIpc) is 2.80. The molecule has 0 aliphatic heterocycles. The maximum absolute atomic E-state index is 6.07. The zero-order chi connectivity index (χ0) is 12.1. The van der Waals surface area contributed by atoms with Crippen LogP contribution in [0.2, 0.25) is 10.0 Å². The molecular formula is C12H13Cl2N3. The van der Waals surface area contributed by atoms with Gasteiger partial charge in [-0.15, -0.1) is 0 Å². The molecule has 0 radical (unpaired) electrons. The van der Waals surface area contributed by atoms with Gasteiger partial charge in [-0.05, 0) is 12.1 Å². The highest BCUT2D eigenvalue weighted by Gasteiger charge is 2.04. The molecule has 3 nitrogen and oxygen atoms in total. The molecule has 1 aromatic carbocycles. The molecule has 0 aliphatic carbocycles. The zero-order valence-electron chi connectivity index (χ0n) is 9.21. The molecular weight excluding hydrogens is 257 g/mol. The van der Waals surface area contributed by atoms with Crippen LogP contribution in [0.3, 0.4) is 0 Å². The highest BCUT2D eigenvalue weighted by molar-refractivity contribution is 6.35. The van der Waals surface area contributed by atoms with Gasteiger partial charge < -0.3 is 10.3 Å². The fourth-order valence-corrected chi connectivity index (χ4v) is 2.09. The smallest absolute Gasteiger partial charge is 0.0921 e. The van der Waals surface area contributed by atoms with Crippen molar-refractivity contribution >= 4 is 23.2 Å². The molecule has 2 rings (SSSR count). The SMILES string of the molecule is Clc1cccc(Cl)c1CNCCc1cnc[nH]1. The number of nitrogens with zero attached hydrogens (tertiary/aromatic N) is 1. The molecule has 0 saturated heterocycles. The Morgan fingerprint density at radius 3 is 2.65 bits per heavy atom. The van der Waals surface area contributed by atoms with E-state index < -0.39 is 0 Å². The van der Waals surface area contributed by atoms with Gasteiger partial charge in [0.2, 0.25) is 0 Å². The summed E-state index contributed by atoms with van der Waals surface area (Å²) in [6.45, 7) is 1.52. The summed E-state index contributed by atoms with van der Waals surface area (Å²) in [5, 5.41) is 4.71. The van der Waals surface area contributed by atoms with Gasteiger partial charge in [0.1, 0.15) is 0 Å². The molecule has 0 spiro atoms. The Hall–Kier alpha value is -1.03. The van der Waals surface area contributed by atoms with E-state index in [1.165, 1.54) is 0 Å². The maximum atomic E-state index is 6.07. The van der Waals surface area contributed by atoms with Crippen LogP contribution in [-0.2, 0) is 13.0 Å². The minimum absolute atomic E-state index is 0.673. The third-order valence-corrected chi connectivity index (χ3v) is 3.20. The van der Waals surface area contributed by atoms with Crippen LogP contribution in [-0.4, -0.2) is 16.5 Å². The topological polar surface area (TPSA) is 40.7 Å². The summed E-state index contributed by atoms with van der Waals surface area (Å²) in [4.78, 5) is 7.02. The predicted molar refractivity (Wildman–Crippen MR) is 70.5 cm³/mol. The fourth-order valence-electron chi connectivity index (χ4n) is 1.56. The predicted octanol–water partition coefficient (Wildman–Crippen LogP) is 3.05. The molecule has 0 atom stereocenters. The molecule has 2 N–H and O–H groups in total. The first-order valence-corrected chi connectivity index (χ1v) is 6.14. The Kier molecular flexibility index (Phi) is 4.42. The van der Waals surface area contributed by atoms with E-state index in [1.807, 2.05) is 24.4 Å². The first-order valence-electron chi connectivity index (χ1n) is 5.38. The Bertz CT molecular complexity index is 448. The summed E-state index contributed by atoms with van der Waals surface area (Å²) < 4.78 is 0. The first-order chi connectivity index (χ1) is 8.27. The maximum Gasteiger partial charge on any atom is 0.0921 e. The normalized spacial score (nSPS) is 10.7. The number of aromatic nitrogens is 2. The molecule has 0 unspecified atom stereocenters. The van der Waals surface area contributed by atoms with Gasteiger partial charge in [-0.25, -0.2) is 4.98 Å². The van der Waals surface area contributed by atoms with Crippen LogP contribution in [0.1, 0.15) is 11.3 Å². The Morgan fingerprint density at radius 2 is 2.00 bits per heavy atom. The second kappa shape index (κ2) is 6.05. The monoisotopic (exact) mass is 269 g/mol. The van der Waals surface area contributed by atoms with E-state index in [0.717, 1.165) is 24.2 Å². The van der Waals surface area contributed by atoms with E-state index in [9.17, 15) is 0 Å². The molecule has 0 bridgehead atoms. The van der Waals surface area contributed by atoms with Crippen molar-refractivity contribution in [3.8, 4) is 0 Å². The van der Waals surface area contributed by atoms with Crippen molar-refractivity contribution in [2.45, 2.75) is 13.0 Å². The molecule has 0 amide bonds. The third kappa shape index (κ3) is 3.46. The minimum Gasteiger partial charge on any atom is -0.348 e. The molecule has 2 aromatic rings. The highest BCUT2D eigenvalue weighted by Crippen LogP contribution is 2.23. The second-order valence-corrected chi connectivity index (χ2v) is 4.52. The number of H-pyrrole nitrogens is 1. The third-order valence-electron chi connectivity index (χ3n) is 2.49. The van der Waals surface area contributed by atoms with Gasteiger partial charge in [-0.2, -0.15) is 0 Å².